The van der Waals surface area contributed by atoms with Gasteiger partial charge in [0, 0.05) is 24.5 Å². The molecular weight excluding hydrogens is 186 g/mol. The van der Waals surface area contributed by atoms with Crippen LogP contribution in [0.1, 0.15) is 38.8 Å². The second-order valence-electron chi connectivity index (χ2n) is 5.08. The predicted octanol–water partition coefficient (Wildman–Crippen LogP) is 2.32. The van der Waals surface area contributed by atoms with E-state index in [1.54, 1.807) is 0 Å². The van der Waals surface area contributed by atoms with E-state index in [2.05, 4.69) is 29.4 Å². The number of nitrogens with one attached hydrogen (secondary N) is 2. The van der Waals surface area contributed by atoms with Crippen LogP contribution in [0.15, 0.2) is 12.3 Å². The van der Waals surface area contributed by atoms with Gasteiger partial charge in [0.05, 0.1) is 0 Å². The molecule has 0 spiro atoms. The van der Waals surface area contributed by atoms with Crippen LogP contribution in [0.5, 0.6) is 0 Å². The van der Waals surface area contributed by atoms with Crippen molar-refractivity contribution in [2.24, 2.45) is 11.8 Å². The molecular formula is C12H21N3. The number of aromatic amines is 1. The maximum atomic E-state index is 3.95. The molecule has 3 heteroatoms. The summed E-state index contributed by atoms with van der Waals surface area (Å²) in [6, 6.07) is 2.72. The minimum absolute atomic E-state index is 0.687. The Morgan fingerprint density at radius 1 is 1.33 bits per heavy atom. The molecule has 1 heterocycles. The molecule has 0 aromatic carbocycles. The molecule has 1 aliphatic carbocycles. The lowest BCUT2D eigenvalue weighted by atomic mass is 9.80. The number of rotatable bonds is 3. The van der Waals surface area contributed by atoms with Crippen molar-refractivity contribution in [2.45, 2.75) is 45.7 Å². The molecule has 1 fully saturated rings. The van der Waals surface area contributed by atoms with Gasteiger partial charge < -0.3 is 5.32 Å². The van der Waals surface area contributed by atoms with Gasteiger partial charge in [0.25, 0.3) is 0 Å². The Kier molecular flexibility index (Phi) is 3.41. The van der Waals surface area contributed by atoms with Crippen molar-refractivity contribution in [2.75, 3.05) is 0 Å². The van der Waals surface area contributed by atoms with Crippen LogP contribution in [0.2, 0.25) is 0 Å². The van der Waals surface area contributed by atoms with Crippen LogP contribution in [-0.4, -0.2) is 16.2 Å². The molecule has 1 aromatic heterocycles. The number of H-pyrrole nitrogens is 1. The van der Waals surface area contributed by atoms with Gasteiger partial charge in [-0.2, -0.15) is 5.10 Å². The molecule has 0 radical (unpaired) electrons. The van der Waals surface area contributed by atoms with Crippen molar-refractivity contribution in [1.29, 1.82) is 0 Å². The Hall–Kier alpha value is -0.830. The predicted molar refractivity (Wildman–Crippen MR) is 61.4 cm³/mol. The topological polar surface area (TPSA) is 40.7 Å². The summed E-state index contributed by atoms with van der Waals surface area (Å²) in [4.78, 5) is 0. The third-order valence-electron chi connectivity index (χ3n) is 3.32. The second kappa shape index (κ2) is 4.79. The lowest BCUT2D eigenvalue weighted by Crippen LogP contribution is -2.35. The molecule has 2 atom stereocenters. The summed E-state index contributed by atoms with van der Waals surface area (Å²) >= 11 is 0. The highest BCUT2D eigenvalue weighted by Gasteiger charge is 2.23. The van der Waals surface area contributed by atoms with Crippen molar-refractivity contribution < 1.29 is 0 Å². The fourth-order valence-electron chi connectivity index (χ4n) is 2.75. The maximum Gasteiger partial charge on any atom is 0.0490 e. The number of aromatic nitrogens is 2. The van der Waals surface area contributed by atoms with E-state index >= 15 is 0 Å². The number of nitrogens with zero attached hydrogens (tertiary/aromatic N) is 1. The van der Waals surface area contributed by atoms with Gasteiger partial charge in [-0.3, -0.25) is 5.10 Å². The Labute approximate surface area is 91.7 Å². The van der Waals surface area contributed by atoms with E-state index in [0.717, 1.165) is 18.4 Å². The van der Waals surface area contributed by atoms with Crippen LogP contribution in [0.4, 0.5) is 0 Å². The van der Waals surface area contributed by atoms with Crippen molar-refractivity contribution >= 4 is 0 Å². The van der Waals surface area contributed by atoms with Crippen molar-refractivity contribution in [1.82, 2.24) is 15.5 Å². The van der Waals surface area contributed by atoms with Crippen LogP contribution in [0, 0.1) is 11.8 Å². The van der Waals surface area contributed by atoms with Crippen LogP contribution in [0.3, 0.4) is 0 Å². The molecule has 2 unspecified atom stereocenters. The molecule has 84 valence electrons. The zero-order chi connectivity index (χ0) is 10.7. The largest absolute Gasteiger partial charge is 0.308 e. The van der Waals surface area contributed by atoms with Gasteiger partial charge in [0.15, 0.2) is 0 Å². The highest BCUT2D eigenvalue weighted by molar-refractivity contribution is 4.97. The van der Waals surface area contributed by atoms with Crippen molar-refractivity contribution in [3.8, 4) is 0 Å². The fraction of sp³-hybridized carbons (Fsp3) is 0.750. The van der Waals surface area contributed by atoms with E-state index in [0.29, 0.717) is 6.04 Å². The lowest BCUT2D eigenvalue weighted by Gasteiger charge is -2.32. The first-order chi connectivity index (χ1) is 7.24. The molecule has 1 aliphatic rings. The molecule has 0 amide bonds. The zero-order valence-corrected chi connectivity index (χ0v) is 9.66. The van der Waals surface area contributed by atoms with Gasteiger partial charge in [0.1, 0.15) is 0 Å². The average molecular weight is 207 g/mol. The van der Waals surface area contributed by atoms with E-state index in [1.165, 1.54) is 25.0 Å². The summed E-state index contributed by atoms with van der Waals surface area (Å²) < 4.78 is 0. The smallest absolute Gasteiger partial charge is 0.0490 e. The van der Waals surface area contributed by atoms with E-state index in [1.807, 2.05) is 12.3 Å². The van der Waals surface area contributed by atoms with Gasteiger partial charge in [-0.05, 0) is 37.2 Å². The monoisotopic (exact) mass is 207 g/mol. The van der Waals surface area contributed by atoms with Crippen molar-refractivity contribution in [3.05, 3.63) is 18.0 Å². The van der Waals surface area contributed by atoms with Crippen molar-refractivity contribution in [3.63, 3.8) is 0 Å². The van der Waals surface area contributed by atoms with Gasteiger partial charge >= 0.3 is 0 Å². The standard InChI is InChI=1S/C12H21N3/c1-9-5-10(2)7-12(6-9)13-8-11-3-4-14-15-11/h3-4,9-10,12-13H,5-8H2,1-2H3,(H,14,15). The molecule has 1 saturated carbocycles. The van der Waals surface area contributed by atoms with Gasteiger partial charge in [0.2, 0.25) is 0 Å². The maximum absolute atomic E-state index is 3.95. The summed E-state index contributed by atoms with van der Waals surface area (Å²) in [5, 5.41) is 10.6. The van der Waals surface area contributed by atoms with Crippen LogP contribution in [-0.2, 0) is 6.54 Å². The summed E-state index contributed by atoms with van der Waals surface area (Å²) in [7, 11) is 0. The lowest BCUT2D eigenvalue weighted by molar-refractivity contribution is 0.237. The first-order valence-corrected chi connectivity index (χ1v) is 5.95. The summed E-state index contributed by atoms with van der Waals surface area (Å²) in [5.74, 6) is 1.74. The molecule has 3 nitrogen and oxygen atoms in total. The Bertz CT molecular complexity index is 271. The summed E-state index contributed by atoms with van der Waals surface area (Å²) in [5.41, 5.74) is 1.18. The molecule has 2 N–H and O–H groups in total. The average Bonchev–Trinajstić information content (AvgIpc) is 2.65. The molecule has 15 heavy (non-hydrogen) atoms. The summed E-state index contributed by atoms with van der Waals surface area (Å²) in [6.07, 6.45) is 5.84. The van der Waals surface area contributed by atoms with Gasteiger partial charge in [-0.15, -0.1) is 0 Å². The highest BCUT2D eigenvalue weighted by Crippen LogP contribution is 2.28. The third-order valence-corrected chi connectivity index (χ3v) is 3.32. The first-order valence-electron chi connectivity index (χ1n) is 5.95. The first kappa shape index (κ1) is 10.7. The SMILES string of the molecule is CC1CC(C)CC(NCc2ccn[nH]2)C1. The number of hydrogen-bond donors (Lipinski definition) is 2. The minimum Gasteiger partial charge on any atom is -0.308 e. The van der Waals surface area contributed by atoms with Crippen LogP contribution >= 0.6 is 0 Å². The fourth-order valence-corrected chi connectivity index (χ4v) is 2.75. The highest BCUT2D eigenvalue weighted by atomic mass is 15.1. The van der Waals surface area contributed by atoms with Gasteiger partial charge in [-0.25, -0.2) is 0 Å². The zero-order valence-electron chi connectivity index (χ0n) is 9.66. The summed E-state index contributed by atoms with van der Waals surface area (Å²) in [6.45, 7) is 5.64. The molecule has 1 aromatic rings. The molecule has 0 saturated heterocycles. The minimum atomic E-state index is 0.687. The number of hydrogen-bond acceptors (Lipinski definition) is 2. The Morgan fingerprint density at radius 3 is 2.67 bits per heavy atom. The van der Waals surface area contributed by atoms with E-state index in [-0.39, 0.29) is 0 Å². The quantitative estimate of drug-likeness (QED) is 0.798. The Balaban J connectivity index is 1.79. The van der Waals surface area contributed by atoms with Crippen LogP contribution in [0.25, 0.3) is 0 Å². The molecule has 2 rings (SSSR count). The van der Waals surface area contributed by atoms with E-state index < -0.39 is 0 Å². The molecule has 0 bridgehead atoms. The molecule has 0 aliphatic heterocycles. The van der Waals surface area contributed by atoms with Gasteiger partial charge in [-0.1, -0.05) is 13.8 Å². The normalized spacial score (nSPS) is 31.7. The van der Waals surface area contributed by atoms with E-state index in [4.69, 9.17) is 0 Å². The van der Waals surface area contributed by atoms with Crippen LogP contribution < -0.4 is 5.32 Å². The Morgan fingerprint density at radius 2 is 2.07 bits per heavy atom. The second-order valence-corrected chi connectivity index (χ2v) is 5.08. The third kappa shape index (κ3) is 3.06. The van der Waals surface area contributed by atoms with E-state index in [9.17, 15) is 0 Å².